The van der Waals surface area contributed by atoms with E-state index in [0.717, 1.165) is 27.2 Å². The average molecular weight is 450 g/mol. The van der Waals surface area contributed by atoms with Crippen LogP contribution < -0.4 is 15.8 Å². The van der Waals surface area contributed by atoms with Crippen molar-refractivity contribution in [3.05, 3.63) is 75.7 Å². The molecule has 0 unspecified atom stereocenters. The lowest BCUT2D eigenvalue weighted by molar-refractivity contribution is -0.136. The number of amides is 2. The summed E-state index contributed by atoms with van der Waals surface area (Å²) in [6.07, 6.45) is 1.20. The predicted octanol–water partition coefficient (Wildman–Crippen LogP) is 4.01. The molecule has 0 fully saturated rings. The normalized spacial score (nSPS) is 10.7. The van der Waals surface area contributed by atoms with Crippen LogP contribution in [0.25, 0.3) is 11.1 Å². The second-order valence-corrected chi connectivity index (χ2v) is 7.99. The van der Waals surface area contributed by atoms with Gasteiger partial charge in [-0.2, -0.15) is 0 Å². The molecule has 8 heteroatoms. The van der Waals surface area contributed by atoms with E-state index in [2.05, 4.69) is 5.32 Å². The Labute approximate surface area is 191 Å². The van der Waals surface area contributed by atoms with Crippen LogP contribution in [0.5, 0.6) is 5.75 Å². The van der Waals surface area contributed by atoms with Crippen LogP contribution in [0.15, 0.2) is 53.5 Å². The van der Waals surface area contributed by atoms with Crippen molar-refractivity contribution in [1.82, 2.24) is 9.88 Å². The molecule has 2 aromatic carbocycles. The van der Waals surface area contributed by atoms with Gasteiger partial charge in [-0.05, 0) is 55.2 Å². The molecule has 8 nitrogen and oxygen atoms in total. The van der Waals surface area contributed by atoms with E-state index in [1.165, 1.54) is 17.8 Å². The molecule has 1 heterocycles. The molecule has 3 aromatic rings. The molecule has 0 bridgehead atoms. The van der Waals surface area contributed by atoms with Crippen molar-refractivity contribution in [1.29, 1.82) is 0 Å². The van der Waals surface area contributed by atoms with Crippen LogP contribution in [0.4, 0.5) is 16.2 Å². The summed E-state index contributed by atoms with van der Waals surface area (Å²) in [7, 11) is 1.53. The number of nitrogens with zero attached hydrogens (tertiary/aromatic N) is 2. The molecular weight excluding hydrogens is 422 g/mol. The number of carboxylic acid groups (broad SMARTS) is 1. The molecule has 0 saturated heterocycles. The smallest absolute Gasteiger partial charge is 0.326 e. The molecule has 0 aliphatic rings. The number of pyridine rings is 1. The van der Waals surface area contributed by atoms with Gasteiger partial charge in [0.1, 0.15) is 5.75 Å². The van der Waals surface area contributed by atoms with Gasteiger partial charge in [0.15, 0.2) is 5.69 Å². The Morgan fingerprint density at radius 1 is 1.00 bits per heavy atom. The Morgan fingerprint density at radius 3 is 2.36 bits per heavy atom. The highest BCUT2D eigenvalue weighted by molar-refractivity contribution is 6.01. The Hall–Kier alpha value is -4.07. The van der Waals surface area contributed by atoms with Crippen LogP contribution in [-0.2, 0) is 11.8 Å². The second-order valence-electron chi connectivity index (χ2n) is 7.99. The molecule has 0 aliphatic heterocycles. The molecule has 0 aliphatic carbocycles. The summed E-state index contributed by atoms with van der Waals surface area (Å²) in [5.41, 5.74) is 4.03. The largest absolute Gasteiger partial charge is 0.505 e. The van der Waals surface area contributed by atoms with Gasteiger partial charge in [0, 0.05) is 25.4 Å². The van der Waals surface area contributed by atoms with Crippen molar-refractivity contribution < 1.29 is 19.8 Å². The summed E-state index contributed by atoms with van der Waals surface area (Å²) in [6, 6.07) is 12.4. The number of aromatic nitrogens is 1. The number of urea groups is 1. The monoisotopic (exact) mass is 449 g/mol. The van der Waals surface area contributed by atoms with Gasteiger partial charge >= 0.3 is 12.0 Å². The van der Waals surface area contributed by atoms with E-state index < -0.39 is 17.6 Å². The molecule has 1 aromatic heterocycles. The fourth-order valence-electron chi connectivity index (χ4n) is 3.52. The van der Waals surface area contributed by atoms with Gasteiger partial charge in [-0.1, -0.05) is 30.3 Å². The minimum Gasteiger partial charge on any atom is -0.505 e. The van der Waals surface area contributed by atoms with E-state index >= 15 is 0 Å². The van der Waals surface area contributed by atoms with Crippen LogP contribution >= 0.6 is 0 Å². The summed E-state index contributed by atoms with van der Waals surface area (Å²) in [5, 5.41) is 22.2. The first-order valence-electron chi connectivity index (χ1n) is 10.5. The minimum atomic E-state index is -1.06. The fraction of sp³-hybridized carbons (Fsp3) is 0.240. The maximum absolute atomic E-state index is 13.2. The zero-order chi connectivity index (χ0) is 24.3. The van der Waals surface area contributed by atoms with Gasteiger partial charge in [-0.25, -0.2) is 4.79 Å². The van der Waals surface area contributed by atoms with Gasteiger partial charge < -0.3 is 20.1 Å². The van der Waals surface area contributed by atoms with Gasteiger partial charge in [0.2, 0.25) is 0 Å². The molecule has 3 rings (SSSR count). The molecule has 2 amide bonds. The third-order valence-electron chi connectivity index (χ3n) is 5.49. The van der Waals surface area contributed by atoms with Crippen molar-refractivity contribution in [3.63, 3.8) is 0 Å². The number of aliphatic carboxylic acids is 1. The first kappa shape index (κ1) is 23.6. The van der Waals surface area contributed by atoms with Crippen molar-refractivity contribution in [2.45, 2.75) is 27.2 Å². The molecule has 0 atom stereocenters. The number of carbonyl (C=O) groups excluding carboxylic acids is 1. The Bertz CT molecular complexity index is 1280. The number of benzene rings is 2. The number of carboxylic acids is 1. The Balaban J connectivity index is 2.15. The van der Waals surface area contributed by atoms with Crippen LogP contribution in [0.2, 0.25) is 0 Å². The summed E-state index contributed by atoms with van der Waals surface area (Å²) in [6.45, 7) is 5.53. The Morgan fingerprint density at radius 2 is 1.70 bits per heavy atom. The van der Waals surface area contributed by atoms with E-state index in [4.69, 9.17) is 5.11 Å². The quantitative estimate of drug-likeness (QED) is 0.527. The lowest BCUT2D eigenvalue weighted by Gasteiger charge is -2.25. The highest BCUT2D eigenvalue weighted by Crippen LogP contribution is 2.34. The zero-order valence-corrected chi connectivity index (χ0v) is 19.0. The Kier molecular flexibility index (Phi) is 6.86. The lowest BCUT2D eigenvalue weighted by Crippen LogP contribution is -2.41. The number of rotatable bonds is 6. The topological polar surface area (TPSA) is 112 Å². The van der Waals surface area contributed by atoms with E-state index in [1.54, 1.807) is 25.1 Å². The first-order valence-corrected chi connectivity index (χ1v) is 10.5. The maximum Gasteiger partial charge on any atom is 0.326 e. The number of nitrogens with one attached hydrogen (secondary N) is 1. The van der Waals surface area contributed by atoms with Crippen molar-refractivity contribution in [2.24, 2.45) is 7.05 Å². The molecule has 33 heavy (non-hydrogen) atoms. The summed E-state index contributed by atoms with van der Waals surface area (Å²) >= 11 is 0. The molecule has 0 spiro atoms. The molecule has 0 saturated carbocycles. The standard InChI is InChI=1S/C25H27N3O5/c1-15-8-9-19(12-16(15)2)18-6-5-7-20(13-18)28(25(33)26-11-10-21(29)30)22-23(31)17(3)14-27(4)24(22)32/h5-9,12-14,31H,10-11H2,1-4H3,(H,26,33)(H,29,30). The van der Waals surface area contributed by atoms with Crippen LogP contribution in [0.3, 0.4) is 0 Å². The van der Waals surface area contributed by atoms with Gasteiger partial charge in [0.05, 0.1) is 12.1 Å². The van der Waals surface area contributed by atoms with E-state index in [9.17, 15) is 19.5 Å². The van der Waals surface area contributed by atoms with Crippen molar-refractivity contribution in [2.75, 3.05) is 11.4 Å². The summed E-state index contributed by atoms with van der Waals surface area (Å²) in [4.78, 5) is 38.1. The van der Waals surface area contributed by atoms with E-state index in [1.807, 2.05) is 38.1 Å². The number of aryl methyl sites for hydroxylation is 4. The average Bonchev–Trinajstić information content (AvgIpc) is 2.77. The number of carbonyl (C=O) groups is 2. The third-order valence-corrected chi connectivity index (χ3v) is 5.49. The number of hydrogen-bond donors (Lipinski definition) is 3. The SMILES string of the molecule is Cc1ccc(-c2cccc(N(C(=O)NCCC(=O)O)c3c(O)c(C)cn(C)c3=O)c2)cc1C. The van der Waals surface area contributed by atoms with Crippen molar-refractivity contribution in [3.8, 4) is 16.9 Å². The number of aromatic hydroxyl groups is 1. The van der Waals surface area contributed by atoms with Crippen LogP contribution in [0, 0.1) is 20.8 Å². The summed E-state index contributed by atoms with van der Waals surface area (Å²) < 4.78 is 1.29. The van der Waals surface area contributed by atoms with E-state index in [-0.39, 0.29) is 24.4 Å². The summed E-state index contributed by atoms with van der Waals surface area (Å²) in [5.74, 6) is -1.38. The molecule has 0 radical (unpaired) electrons. The highest BCUT2D eigenvalue weighted by atomic mass is 16.4. The van der Waals surface area contributed by atoms with Gasteiger partial charge in [0.25, 0.3) is 5.56 Å². The van der Waals surface area contributed by atoms with Crippen molar-refractivity contribution >= 4 is 23.4 Å². The van der Waals surface area contributed by atoms with Gasteiger partial charge in [-0.15, -0.1) is 0 Å². The van der Waals surface area contributed by atoms with E-state index in [0.29, 0.717) is 11.3 Å². The minimum absolute atomic E-state index is 0.131. The molecule has 172 valence electrons. The zero-order valence-electron chi connectivity index (χ0n) is 19.0. The number of hydrogen-bond acceptors (Lipinski definition) is 4. The first-order chi connectivity index (χ1) is 15.6. The third kappa shape index (κ3) is 5.06. The molecule has 3 N–H and O–H groups in total. The van der Waals surface area contributed by atoms with Crippen LogP contribution in [0.1, 0.15) is 23.1 Å². The second kappa shape index (κ2) is 9.60. The molecular formula is C25H27N3O5. The predicted molar refractivity (Wildman–Crippen MR) is 127 cm³/mol. The highest BCUT2D eigenvalue weighted by Gasteiger charge is 2.26. The number of anilines is 2. The fourth-order valence-corrected chi connectivity index (χ4v) is 3.52. The maximum atomic E-state index is 13.2. The van der Waals surface area contributed by atoms with Gasteiger partial charge in [-0.3, -0.25) is 14.5 Å². The van der Waals surface area contributed by atoms with Crippen LogP contribution in [-0.4, -0.2) is 33.3 Å². The lowest BCUT2D eigenvalue weighted by atomic mass is 10.00.